The van der Waals surface area contributed by atoms with Gasteiger partial charge in [0.2, 0.25) is 5.91 Å². The lowest BCUT2D eigenvalue weighted by atomic mass is 10.1. The molecule has 0 heterocycles. The van der Waals surface area contributed by atoms with Crippen LogP contribution < -0.4 is 10.1 Å². The maximum absolute atomic E-state index is 11.6. The van der Waals surface area contributed by atoms with E-state index in [4.69, 9.17) is 9.84 Å². The summed E-state index contributed by atoms with van der Waals surface area (Å²) in [6, 6.07) is 6.48. The van der Waals surface area contributed by atoms with Crippen LogP contribution >= 0.6 is 15.9 Å². The Morgan fingerprint density at radius 3 is 2.80 bits per heavy atom. The van der Waals surface area contributed by atoms with Crippen molar-refractivity contribution in [1.82, 2.24) is 5.32 Å². The average Bonchev–Trinajstić information content (AvgIpc) is 2.38. The van der Waals surface area contributed by atoms with Gasteiger partial charge in [-0.2, -0.15) is 0 Å². The van der Waals surface area contributed by atoms with Crippen molar-refractivity contribution >= 4 is 27.8 Å². The summed E-state index contributed by atoms with van der Waals surface area (Å²) in [4.78, 5) is 22.5. The third-order valence-corrected chi connectivity index (χ3v) is 3.10. The lowest BCUT2D eigenvalue weighted by molar-refractivity contribution is -0.142. The second kappa shape index (κ2) is 8.58. The Labute approximate surface area is 126 Å². The van der Waals surface area contributed by atoms with Gasteiger partial charge >= 0.3 is 5.97 Å². The van der Waals surface area contributed by atoms with E-state index in [0.29, 0.717) is 18.6 Å². The SMILES string of the molecule is CCC[C@H](NC(=O)CCOc1cccc(Br)c1)C(=O)O. The number of carboxylic acids is 1. The molecule has 0 aromatic heterocycles. The molecule has 0 spiro atoms. The van der Waals surface area contributed by atoms with Crippen molar-refractivity contribution in [2.75, 3.05) is 6.61 Å². The zero-order valence-corrected chi connectivity index (χ0v) is 12.9. The molecule has 0 saturated heterocycles. The summed E-state index contributed by atoms with van der Waals surface area (Å²) >= 11 is 3.32. The minimum atomic E-state index is -1.01. The topological polar surface area (TPSA) is 75.6 Å². The van der Waals surface area contributed by atoms with Gasteiger partial charge in [0.05, 0.1) is 13.0 Å². The van der Waals surface area contributed by atoms with Crippen LogP contribution in [0.25, 0.3) is 0 Å². The van der Waals surface area contributed by atoms with Crippen molar-refractivity contribution in [3.8, 4) is 5.75 Å². The fourth-order valence-electron chi connectivity index (χ4n) is 1.63. The van der Waals surface area contributed by atoms with E-state index in [1.807, 2.05) is 19.1 Å². The van der Waals surface area contributed by atoms with Crippen molar-refractivity contribution in [2.24, 2.45) is 0 Å². The minimum absolute atomic E-state index is 0.125. The fourth-order valence-corrected chi connectivity index (χ4v) is 2.01. The Kier molecular flexibility index (Phi) is 7.08. The fraction of sp³-hybridized carbons (Fsp3) is 0.429. The van der Waals surface area contributed by atoms with Crippen LogP contribution in [0.1, 0.15) is 26.2 Å². The van der Waals surface area contributed by atoms with E-state index in [2.05, 4.69) is 21.2 Å². The molecule has 5 nitrogen and oxygen atoms in total. The number of nitrogens with one attached hydrogen (secondary N) is 1. The van der Waals surface area contributed by atoms with Gasteiger partial charge in [-0.05, 0) is 24.6 Å². The average molecular weight is 344 g/mol. The van der Waals surface area contributed by atoms with Gasteiger partial charge in [-0.25, -0.2) is 4.79 Å². The zero-order valence-electron chi connectivity index (χ0n) is 11.3. The zero-order chi connectivity index (χ0) is 15.0. The number of hydrogen-bond donors (Lipinski definition) is 2. The molecular weight excluding hydrogens is 326 g/mol. The predicted molar refractivity (Wildman–Crippen MR) is 78.7 cm³/mol. The van der Waals surface area contributed by atoms with Gasteiger partial charge in [-0.3, -0.25) is 4.79 Å². The van der Waals surface area contributed by atoms with Gasteiger partial charge in [0.1, 0.15) is 11.8 Å². The van der Waals surface area contributed by atoms with Crippen LogP contribution in [0.5, 0.6) is 5.75 Å². The van der Waals surface area contributed by atoms with Crippen molar-refractivity contribution in [3.63, 3.8) is 0 Å². The van der Waals surface area contributed by atoms with E-state index in [-0.39, 0.29) is 18.9 Å². The van der Waals surface area contributed by atoms with E-state index in [9.17, 15) is 9.59 Å². The van der Waals surface area contributed by atoms with Gasteiger partial charge in [0.15, 0.2) is 0 Å². The lowest BCUT2D eigenvalue weighted by Gasteiger charge is -2.13. The summed E-state index contributed by atoms with van der Waals surface area (Å²) in [5.74, 6) is -0.663. The highest BCUT2D eigenvalue weighted by atomic mass is 79.9. The van der Waals surface area contributed by atoms with Crippen molar-refractivity contribution in [1.29, 1.82) is 0 Å². The highest BCUT2D eigenvalue weighted by Crippen LogP contribution is 2.17. The normalized spacial score (nSPS) is 11.7. The van der Waals surface area contributed by atoms with Crippen molar-refractivity contribution < 1.29 is 19.4 Å². The summed E-state index contributed by atoms with van der Waals surface area (Å²) in [6.07, 6.45) is 1.25. The molecule has 1 atom stereocenters. The first-order valence-corrected chi connectivity index (χ1v) is 7.22. The number of hydrogen-bond acceptors (Lipinski definition) is 3. The highest BCUT2D eigenvalue weighted by Gasteiger charge is 2.18. The molecule has 0 aliphatic rings. The first-order valence-electron chi connectivity index (χ1n) is 6.43. The first kappa shape index (κ1) is 16.5. The van der Waals surface area contributed by atoms with Gasteiger partial charge in [0.25, 0.3) is 0 Å². The molecule has 1 rings (SSSR count). The number of ether oxygens (including phenoxy) is 1. The van der Waals surface area contributed by atoms with E-state index < -0.39 is 12.0 Å². The summed E-state index contributed by atoms with van der Waals surface area (Å²) in [7, 11) is 0. The number of amides is 1. The lowest BCUT2D eigenvalue weighted by Crippen LogP contribution is -2.41. The molecule has 1 aromatic rings. The van der Waals surface area contributed by atoms with E-state index in [1.54, 1.807) is 12.1 Å². The molecule has 0 bridgehead atoms. The van der Waals surface area contributed by atoms with Crippen LogP contribution in [-0.4, -0.2) is 29.6 Å². The molecular formula is C14H18BrNO4. The smallest absolute Gasteiger partial charge is 0.326 e. The van der Waals surface area contributed by atoms with E-state index in [1.165, 1.54) is 0 Å². The Morgan fingerprint density at radius 2 is 2.20 bits per heavy atom. The van der Waals surface area contributed by atoms with Gasteiger partial charge in [-0.15, -0.1) is 0 Å². The number of rotatable bonds is 8. The number of carbonyl (C=O) groups is 2. The highest BCUT2D eigenvalue weighted by molar-refractivity contribution is 9.10. The Balaban J connectivity index is 2.34. The molecule has 1 amide bonds. The number of aliphatic carboxylic acids is 1. The van der Waals surface area contributed by atoms with Crippen LogP contribution in [0, 0.1) is 0 Å². The van der Waals surface area contributed by atoms with Gasteiger partial charge < -0.3 is 15.2 Å². The Bertz CT molecular complexity index is 464. The van der Waals surface area contributed by atoms with Crippen LogP contribution in [0.4, 0.5) is 0 Å². The van der Waals surface area contributed by atoms with Gasteiger partial charge in [0, 0.05) is 4.47 Å². The molecule has 20 heavy (non-hydrogen) atoms. The van der Waals surface area contributed by atoms with Crippen LogP contribution in [0.2, 0.25) is 0 Å². The second-order valence-electron chi connectivity index (χ2n) is 4.30. The predicted octanol–water partition coefficient (Wildman–Crippen LogP) is 2.59. The first-order chi connectivity index (χ1) is 9.52. The largest absolute Gasteiger partial charge is 0.493 e. The molecule has 110 valence electrons. The standard InChI is InChI=1S/C14H18BrNO4/c1-2-4-12(14(18)19)16-13(17)7-8-20-11-6-3-5-10(15)9-11/h3,5-6,9,12H,2,4,7-8H2,1H3,(H,16,17)(H,18,19)/t12-/m0/s1. The molecule has 0 unspecified atom stereocenters. The maximum atomic E-state index is 11.6. The third kappa shape index (κ3) is 6.06. The third-order valence-electron chi connectivity index (χ3n) is 2.60. The summed E-state index contributed by atoms with van der Waals surface area (Å²) in [5, 5.41) is 11.4. The number of benzene rings is 1. The Hall–Kier alpha value is -1.56. The van der Waals surface area contributed by atoms with Crippen LogP contribution in [-0.2, 0) is 9.59 Å². The molecule has 2 N–H and O–H groups in total. The minimum Gasteiger partial charge on any atom is -0.493 e. The van der Waals surface area contributed by atoms with Crippen molar-refractivity contribution in [3.05, 3.63) is 28.7 Å². The molecule has 0 fully saturated rings. The molecule has 0 radical (unpaired) electrons. The summed E-state index contributed by atoms with van der Waals surface area (Å²) in [5.41, 5.74) is 0. The number of carboxylic acid groups (broad SMARTS) is 1. The Morgan fingerprint density at radius 1 is 1.45 bits per heavy atom. The second-order valence-corrected chi connectivity index (χ2v) is 5.22. The monoisotopic (exact) mass is 343 g/mol. The maximum Gasteiger partial charge on any atom is 0.326 e. The van der Waals surface area contributed by atoms with Crippen molar-refractivity contribution in [2.45, 2.75) is 32.2 Å². The van der Waals surface area contributed by atoms with E-state index >= 15 is 0 Å². The molecule has 6 heteroatoms. The quantitative estimate of drug-likeness (QED) is 0.760. The molecule has 0 aliphatic heterocycles. The summed E-state index contributed by atoms with van der Waals surface area (Å²) < 4.78 is 6.32. The number of carbonyl (C=O) groups excluding carboxylic acids is 1. The summed E-state index contributed by atoms with van der Waals surface area (Å²) in [6.45, 7) is 2.08. The number of halogens is 1. The molecule has 1 aromatic carbocycles. The van der Waals surface area contributed by atoms with Crippen LogP contribution in [0.3, 0.4) is 0 Å². The van der Waals surface area contributed by atoms with Crippen LogP contribution in [0.15, 0.2) is 28.7 Å². The molecule has 0 saturated carbocycles. The van der Waals surface area contributed by atoms with E-state index in [0.717, 1.165) is 4.47 Å². The van der Waals surface area contributed by atoms with Gasteiger partial charge in [-0.1, -0.05) is 35.3 Å². The molecule has 0 aliphatic carbocycles.